The van der Waals surface area contributed by atoms with Gasteiger partial charge in [-0.2, -0.15) is 0 Å². The van der Waals surface area contributed by atoms with Crippen LogP contribution in [0, 0.1) is 0 Å². The number of rotatable bonds is 13. The molecule has 0 bridgehead atoms. The van der Waals surface area contributed by atoms with Gasteiger partial charge in [-0.25, -0.2) is 0 Å². The van der Waals surface area contributed by atoms with E-state index in [1.165, 1.54) is 7.11 Å². The Morgan fingerprint density at radius 3 is 2.48 bits per heavy atom. The van der Waals surface area contributed by atoms with Gasteiger partial charge in [0.15, 0.2) is 0 Å². The second-order valence-electron chi connectivity index (χ2n) is 5.67. The van der Waals surface area contributed by atoms with Crippen molar-refractivity contribution in [3.8, 4) is 0 Å². The highest BCUT2D eigenvalue weighted by atomic mass is 16.5. The Kier molecular flexibility index (Phi) is 14.3. The number of carbonyl (C=O) groups excluding carboxylic acids is 1. The molecule has 0 spiro atoms. The molecule has 0 unspecified atom stereocenters. The number of aliphatic hydroxyl groups is 1. The largest absolute Gasteiger partial charge is 0.469 e. The third-order valence-corrected chi connectivity index (χ3v) is 3.64. The molecular formula is C20H34N2O3. The van der Waals surface area contributed by atoms with E-state index in [2.05, 4.69) is 29.1 Å². The summed E-state index contributed by atoms with van der Waals surface area (Å²) in [5.41, 5.74) is 7.23. The van der Waals surface area contributed by atoms with Gasteiger partial charge in [-0.3, -0.25) is 4.79 Å². The second kappa shape index (κ2) is 15.5. The number of aliphatic hydroxyl groups excluding tert-OH is 1. The van der Waals surface area contributed by atoms with Crippen molar-refractivity contribution >= 4 is 5.97 Å². The summed E-state index contributed by atoms with van der Waals surface area (Å²) in [6.07, 6.45) is 16.9. The van der Waals surface area contributed by atoms with E-state index in [1.807, 2.05) is 24.3 Å². The Balaban J connectivity index is 4.18. The normalized spacial score (nSPS) is 14.2. The van der Waals surface area contributed by atoms with Gasteiger partial charge in [-0.1, -0.05) is 37.3 Å². The fraction of sp³-hybridized carbons (Fsp3) is 0.550. The molecule has 5 nitrogen and oxygen atoms in total. The van der Waals surface area contributed by atoms with Crippen molar-refractivity contribution in [2.24, 2.45) is 5.73 Å². The van der Waals surface area contributed by atoms with E-state index in [0.717, 1.165) is 37.8 Å². The number of nitrogens with one attached hydrogen (secondary N) is 1. The molecule has 0 radical (unpaired) electrons. The monoisotopic (exact) mass is 350 g/mol. The SMILES string of the molecule is CC/C=C\C[C@H](O)/C(N)=C(\C=C\CCC/C=C\CCC(=O)OC)NC. The summed E-state index contributed by atoms with van der Waals surface area (Å²) < 4.78 is 4.58. The van der Waals surface area contributed by atoms with Crippen LogP contribution >= 0.6 is 0 Å². The van der Waals surface area contributed by atoms with Gasteiger partial charge in [0.05, 0.1) is 24.6 Å². The van der Waals surface area contributed by atoms with Gasteiger partial charge < -0.3 is 20.9 Å². The van der Waals surface area contributed by atoms with E-state index in [4.69, 9.17) is 5.73 Å². The van der Waals surface area contributed by atoms with Crippen molar-refractivity contribution in [3.63, 3.8) is 0 Å². The fourth-order valence-corrected chi connectivity index (χ4v) is 2.12. The molecule has 0 saturated carbocycles. The maximum atomic E-state index is 10.9. The van der Waals surface area contributed by atoms with Crippen LogP contribution in [-0.4, -0.2) is 31.3 Å². The molecule has 0 aliphatic heterocycles. The molecule has 1 atom stereocenters. The molecular weight excluding hydrogens is 316 g/mol. The summed E-state index contributed by atoms with van der Waals surface area (Å²) in [6, 6.07) is 0. The number of ether oxygens (including phenoxy) is 1. The highest BCUT2D eigenvalue weighted by molar-refractivity contribution is 5.69. The van der Waals surface area contributed by atoms with Crippen LogP contribution in [0.4, 0.5) is 0 Å². The summed E-state index contributed by atoms with van der Waals surface area (Å²) in [7, 11) is 3.20. The molecule has 0 rings (SSSR count). The van der Waals surface area contributed by atoms with Crippen LogP contribution in [0.3, 0.4) is 0 Å². The smallest absolute Gasteiger partial charge is 0.305 e. The minimum absolute atomic E-state index is 0.177. The van der Waals surface area contributed by atoms with E-state index in [0.29, 0.717) is 18.5 Å². The Morgan fingerprint density at radius 2 is 1.84 bits per heavy atom. The number of nitrogens with two attached hydrogens (primary N) is 1. The van der Waals surface area contributed by atoms with Gasteiger partial charge in [0, 0.05) is 13.5 Å². The van der Waals surface area contributed by atoms with E-state index >= 15 is 0 Å². The second-order valence-corrected chi connectivity index (χ2v) is 5.67. The first-order valence-electron chi connectivity index (χ1n) is 8.95. The van der Waals surface area contributed by atoms with E-state index in [-0.39, 0.29) is 5.97 Å². The zero-order valence-corrected chi connectivity index (χ0v) is 15.8. The molecule has 0 aromatic heterocycles. The third kappa shape index (κ3) is 12.1. The third-order valence-electron chi connectivity index (χ3n) is 3.64. The number of carbonyl (C=O) groups is 1. The topological polar surface area (TPSA) is 84.6 Å². The van der Waals surface area contributed by atoms with E-state index in [9.17, 15) is 9.90 Å². The number of esters is 1. The number of allylic oxidation sites excluding steroid dienone is 5. The lowest BCUT2D eigenvalue weighted by Gasteiger charge is -2.13. The molecule has 0 aliphatic rings. The van der Waals surface area contributed by atoms with Gasteiger partial charge >= 0.3 is 5.97 Å². The number of likely N-dealkylation sites (N-methyl/N-ethyl adjacent to an activating group) is 1. The lowest BCUT2D eigenvalue weighted by Crippen LogP contribution is -2.23. The van der Waals surface area contributed by atoms with Crippen molar-refractivity contribution in [1.29, 1.82) is 0 Å². The van der Waals surface area contributed by atoms with Crippen LogP contribution < -0.4 is 11.1 Å². The van der Waals surface area contributed by atoms with Crippen molar-refractivity contribution in [2.45, 2.75) is 58.0 Å². The summed E-state index contributed by atoms with van der Waals surface area (Å²) in [5.74, 6) is -0.177. The van der Waals surface area contributed by atoms with Crippen LogP contribution in [0.15, 0.2) is 47.9 Å². The van der Waals surface area contributed by atoms with Gasteiger partial charge in [0.1, 0.15) is 0 Å². The van der Waals surface area contributed by atoms with Gasteiger partial charge in [-0.15, -0.1) is 0 Å². The van der Waals surface area contributed by atoms with Crippen LogP contribution in [0.25, 0.3) is 0 Å². The highest BCUT2D eigenvalue weighted by Gasteiger charge is 2.08. The molecule has 5 heteroatoms. The summed E-state index contributed by atoms with van der Waals surface area (Å²) >= 11 is 0. The van der Waals surface area contributed by atoms with Crippen LogP contribution in [0.2, 0.25) is 0 Å². The predicted octanol–water partition coefficient (Wildman–Crippen LogP) is 3.33. The molecule has 0 fully saturated rings. The van der Waals surface area contributed by atoms with Crippen molar-refractivity contribution in [2.75, 3.05) is 14.2 Å². The zero-order valence-electron chi connectivity index (χ0n) is 15.8. The molecule has 0 aliphatic carbocycles. The maximum absolute atomic E-state index is 10.9. The molecule has 0 heterocycles. The molecule has 0 aromatic carbocycles. The lowest BCUT2D eigenvalue weighted by atomic mass is 10.1. The number of methoxy groups -OCH3 is 1. The standard InChI is InChI=1S/C20H34N2O3/c1-4-5-11-15-18(23)20(21)17(22-2)14-12-9-7-6-8-10-13-16-19(24)25-3/h5,8,10-12,14,18,22-23H,4,6-7,9,13,15-16,21H2,1-3H3/b10-8-,11-5-,14-12+,20-17-/t18-/m0/s1. The summed E-state index contributed by atoms with van der Waals surface area (Å²) in [6.45, 7) is 2.05. The average molecular weight is 351 g/mol. The Labute approximate surface area is 152 Å². The van der Waals surface area contributed by atoms with Gasteiger partial charge in [0.25, 0.3) is 0 Å². The van der Waals surface area contributed by atoms with Crippen LogP contribution in [0.5, 0.6) is 0 Å². The van der Waals surface area contributed by atoms with Crippen LogP contribution in [0.1, 0.15) is 51.9 Å². The number of unbranched alkanes of at least 4 members (excludes halogenated alkanes) is 2. The van der Waals surface area contributed by atoms with E-state index < -0.39 is 6.10 Å². The first-order valence-corrected chi connectivity index (χ1v) is 8.95. The van der Waals surface area contributed by atoms with Crippen molar-refractivity contribution in [1.82, 2.24) is 5.32 Å². The first-order chi connectivity index (χ1) is 12.1. The Bertz CT molecular complexity index is 479. The highest BCUT2D eigenvalue weighted by Crippen LogP contribution is 2.08. The molecule has 0 aromatic rings. The van der Waals surface area contributed by atoms with Gasteiger partial charge in [0.2, 0.25) is 0 Å². The van der Waals surface area contributed by atoms with Crippen molar-refractivity contribution in [3.05, 3.63) is 47.9 Å². The van der Waals surface area contributed by atoms with Crippen LogP contribution in [-0.2, 0) is 9.53 Å². The number of hydrogen-bond donors (Lipinski definition) is 3. The molecule has 0 amide bonds. The van der Waals surface area contributed by atoms with Gasteiger partial charge in [-0.05, 0) is 44.6 Å². The summed E-state index contributed by atoms with van der Waals surface area (Å²) in [4.78, 5) is 10.9. The zero-order chi connectivity index (χ0) is 18.9. The predicted molar refractivity (Wildman–Crippen MR) is 104 cm³/mol. The lowest BCUT2D eigenvalue weighted by molar-refractivity contribution is -0.140. The molecule has 142 valence electrons. The summed E-state index contributed by atoms with van der Waals surface area (Å²) in [5, 5.41) is 13.1. The molecule has 4 N–H and O–H groups in total. The quantitative estimate of drug-likeness (QED) is 0.205. The van der Waals surface area contributed by atoms with Crippen molar-refractivity contribution < 1.29 is 14.6 Å². The first kappa shape index (κ1) is 23.0. The minimum Gasteiger partial charge on any atom is -0.469 e. The average Bonchev–Trinajstić information content (AvgIpc) is 2.62. The molecule has 25 heavy (non-hydrogen) atoms. The molecule has 0 saturated heterocycles. The Hall–Kier alpha value is -2.01. The maximum Gasteiger partial charge on any atom is 0.305 e. The minimum atomic E-state index is -0.673. The fourth-order valence-electron chi connectivity index (χ4n) is 2.12. The van der Waals surface area contributed by atoms with E-state index in [1.54, 1.807) is 7.05 Å². The Morgan fingerprint density at radius 1 is 1.16 bits per heavy atom. The number of hydrogen-bond acceptors (Lipinski definition) is 5.